The van der Waals surface area contributed by atoms with Crippen LogP contribution >= 0.6 is 0 Å². The summed E-state index contributed by atoms with van der Waals surface area (Å²) in [5.41, 5.74) is 6.86. The maximum atomic E-state index is 10.9. The number of nitrogens with two attached hydrogens (primary N) is 1. The van der Waals surface area contributed by atoms with Crippen molar-refractivity contribution in [1.29, 1.82) is 0 Å². The molecule has 0 saturated carbocycles. The van der Waals surface area contributed by atoms with Gasteiger partial charge < -0.3 is 10.7 Å². The minimum Gasteiger partial charge on any atom is -0.382 e. The second-order valence-corrected chi connectivity index (χ2v) is 5.61. The van der Waals surface area contributed by atoms with Gasteiger partial charge in [0, 0.05) is 0 Å². The molecule has 0 radical (unpaired) electrons. The third kappa shape index (κ3) is 2.75. The first-order chi connectivity index (χ1) is 10.4. The fourth-order valence-electron chi connectivity index (χ4n) is 1.67. The maximum Gasteiger partial charge on any atom is 0.294 e. The molecule has 22 heavy (non-hydrogen) atoms. The summed E-state index contributed by atoms with van der Waals surface area (Å²) in [6.45, 7) is 0. The topological polar surface area (TPSA) is 160 Å². The Bertz CT molecular complexity index is 963. The van der Waals surface area contributed by atoms with Crippen molar-refractivity contribution in [2.24, 2.45) is 10.2 Å². The summed E-state index contributed by atoms with van der Waals surface area (Å²) >= 11 is 0. The van der Waals surface area contributed by atoms with Gasteiger partial charge in [-0.2, -0.15) is 13.4 Å². The van der Waals surface area contributed by atoms with Crippen molar-refractivity contribution in [2.75, 3.05) is 5.73 Å². The van der Waals surface area contributed by atoms with Crippen LogP contribution in [0.15, 0.2) is 45.7 Å². The van der Waals surface area contributed by atoms with Crippen LogP contribution in [0.3, 0.4) is 0 Å². The second-order valence-electron chi connectivity index (χ2n) is 4.19. The van der Waals surface area contributed by atoms with Crippen molar-refractivity contribution >= 4 is 38.7 Å². The summed E-state index contributed by atoms with van der Waals surface area (Å²) in [5, 5.41) is 7.76. The number of H-pyrrole nitrogens is 1. The van der Waals surface area contributed by atoms with E-state index in [1.54, 1.807) is 0 Å². The number of aromatic nitrogens is 4. The predicted molar refractivity (Wildman–Crippen MR) is 76.5 cm³/mol. The van der Waals surface area contributed by atoms with E-state index in [1.807, 2.05) is 0 Å². The van der Waals surface area contributed by atoms with Crippen LogP contribution in [-0.2, 0) is 10.1 Å². The summed E-state index contributed by atoms with van der Waals surface area (Å²) in [7, 11) is -4.23. The molecular formula is C11H9N7O3S. The standard InChI is InChI=1S/C11H9N7O3S/c12-9-8-10(14-5-13-9)16-11(15-8)18-17-6-1-3-7(4-2-6)22(19,20)21/h1-5H,(H,19,20,21)(H3,12,13,14,15,16). The number of hydrogen-bond acceptors (Lipinski definition) is 8. The Morgan fingerprint density at radius 2 is 1.86 bits per heavy atom. The first-order valence-corrected chi connectivity index (χ1v) is 7.33. The second kappa shape index (κ2) is 5.13. The smallest absolute Gasteiger partial charge is 0.294 e. The molecular weight excluding hydrogens is 310 g/mol. The average Bonchev–Trinajstić information content (AvgIpc) is 2.89. The number of nitrogen functional groups attached to an aromatic ring is 1. The van der Waals surface area contributed by atoms with Crippen molar-refractivity contribution in [1.82, 2.24) is 19.9 Å². The molecule has 0 bridgehead atoms. The molecule has 0 fully saturated rings. The molecule has 11 heteroatoms. The molecule has 1 aromatic carbocycles. The maximum absolute atomic E-state index is 10.9. The number of nitrogens with zero attached hydrogens (tertiary/aromatic N) is 5. The highest BCUT2D eigenvalue weighted by atomic mass is 32.2. The molecule has 0 aliphatic heterocycles. The molecule has 3 rings (SSSR count). The van der Waals surface area contributed by atoms with E-state index in [-0.39, 0.29) is 16.7 Å². The van der Waals surface area contributed by atoms with E-state index in [9.17, 15) is 8.42 Å². The van der Waals surface area contributed by atoms with Gasteiger partial charge in [0.2, 0.25) is 5.95 Å². The number of aromatic amines is 1. The van der Waals surface area contributed by atoms with Crippen molar-refractivity contribution in [2.45, 2.75) is 4.90 Å². The van der Waals surface area contributed by atoms with Gasteiger partial charge in [-0.25, -0.2) is 9.97 Å². The van der Waals surface area contributed by atoms with Crippen molar-refractivity contribution in [3.63, 3.8) is 0 Å². The van der Waals surface area contributed by atoms with Gasteiger partial charge in [-0.15, -0.1) is 10.2 Å². The zero-order valence-corrected chi connectivity index (χ0v) is 11.7. The highest BCUT2D eigenvalue weighted by molar-refractivity contribution is 7.85. The molecule has 2 heterocycles. The number of hydrogen-bond donors (Lipinski definition) is 3. The number of imidazole rings is 1. The van der Waals surface area contributed by atoms with Crippen LogP contribution in [0, 0.1) is 0 Å². The third-order valence-corrected chi connectivity index (χ3v) is 3.57. The van der Waals surface area contributed by atoms with Crippen molar-refractivity contribution in [3.05, 3.63) is 30.6 Å². The molecule has 112 valence electrons. The monoisotopic (exact) mass is 319 g/mol. The van der Waals surface area contributed by atoms with Gasteiger partial charge in [0.1, 0.15) is 11.8 Å². The lowest BCUT2D eigenvalue weighted by Gasteiger charge is -1.96. The number of anilines is 1. The summed E-state index contributed by atoms with van der Waals surface area (Å²) < 4.78 is 30.7. The van der Waals surface area contributed by atoms with Gasteiger partial charge in [-0.05, 0) is 24.3 Å². The van der Waals surface area contributed by atoms with E-state index in [2.05, 4.69) is 30.2 Å². The number of azo groups is 1. The molecule has 0 aliphatic rings. The van der Waals surface area contributed by atoms with E-state index in [0.29, 0.717) is 16.9 Å². The molecule has 0 atom stereocenters. The van der Waals surface area contributed by atoms with Gasteiger partial charge in [0.25, 0.3) is 10.1 Å². The zero-order valence-electron chi connectivity index (χ0n) is 10.9. The number of rotatable bonds is 3. The highest BCUT2D eigenvalue weighted by Gasteiger charge is 2.09. The van der Waals surface area contributed by atoms with E-state index < -0.39 is 10.1 Å². The summed E-state index contributed by atoms with van der Waals surface area (Å²) in [6, 6.07) is 5.21. The van der Waals surface area contributed by atoms with Crippen LogP contribution in [0.5, 0.6) is 0 Å². The lowest BCUT2D eigenvalue weighted by molar-refractivity contribution is 0.483. The van der Waals surface area contributed by atoms with E-state index in [0.717, 1.165) is 0 Å². The first kappa shape index (κ1) is 14.0. The fourth-order valence-corrected chi connectivity index (χ4v) is 2.15. The fraction of sp³-hybridized carbons (Fsp3) is 0. The summed E-state index contributed by atoms with van der Waals surface area (Å²) in [4.78, 5) is 14.4. The zero-order chi connectivity index (χ0) is 15.7. The molecule has 4 N–H and O–H groups in total. The Morgan fingerprint density at radius 3 is 2.50 bits per heavy atom. The van der Waals surface area contributed by atoms with Gasteiger partial charge >= 0.3 is 0 Å². The lowest BCUT2D eigenvalue weighted by atomic mass is 10.3. The Morgan fingerprint density at radius 1 is 1.14 bits per heavy atom. The molecule has 0 unspecified atom stereocenters. The molecule has 3 aromatic rings. The predicted octanol–water partition coefficient (Wildman–Crippen LogP) is 1.60. The molecule has 0 aliphatic carbocycles. The van der Waals surface area contributed by atoms with Crippen LogP contribution in [0.2, 0.25) is 0 Å². The Balaban J connectivity index is 1.88. The minimum absolute atomic E-state index is 0.182. The van der Waals surface area contributed by atoms with Gasteiger partial charge in [0.05, 0.1) is 10.6 Å². The molecule has 2 aromatic heterocycles. The Hall–Kier alpha value is -2.92. The van der Waals surface area contributed by atoms with Crippen LogP contribution < -0.4 is 5.73 Å². The third-order valence-electron chi connectivity index (χ3n) is 2.70. The number of benzene rings is 1. The van der Waals surface area contributed by atoms with Crippen molar-refractivity contribution < 1.29 is 13.0 Å². The molecule has 0 amide bonds. The summed E-state index contributed by atoms with van der Waals surface area (Å²) in [5.74, 6) is 0.428. The van der Waals surface area contributed by atoms with Crippen LogP contribution in [-0.4, -0.2) is 32.9 Å². The SMILES string of the molecule is Nc1ncnc2nc(N=Nc3ccc(S(=O)(=O)O)cc3)[nH]c12. The van der Waals surface area contributed by atoms with Crippen LogP contribution in [0.25, 0.3) is 11.2 Å². The van der Waals surface area contributed by atoms with Gasteiger partial charge in [-0.3, -0.25) is 4.55 Å². The number of fused-ring (bicyclic) bond motifs is 1. The largest absolute Gasteiger partial charge is 0.382 e. The normalized spacial score (nSPS) is 12.2. The van der Waals surface area contributed by atoms with E-state index >= 15 is 0 Å². The molecule has 0 spiro atoms. The lowest BCUT2D eigenvalue weighted by Crippen LogP contribution is -1.96. The van der Waals surface area contributed by atoms with Crippen LogP contribution in [0.1, 0.15) is 0 Å². The highest BCUT2D eigenvalue weighted by Crippen LogP contribution is 2.21. The number of nitrogens with one attached hydrogen (secondary N) is 1. The first-order valence-electron chi connectivity index (χ1n) is 5.89. The quantitative estimate of drug-likeness (QED) is 0.488. The van der Waals surface area contributed by atoms with Gasteiger partial charge in [-0.1, -0.05) is 0 Å². The van der Waals surface area contributed by atoms with Crippen LogP contribution in [0.4, 0.5) is 17.5 Å². The average molecular weight is 319 g/mol. The molecule has 10 nitrogen and oxygen atoms in total. The van der Waals surface area contributed by atoms with Gasteiger partial charge in [0.15, 0.2) is 11.5 Å². The van der Waals surface area contributed by atoms with E-state index in [4.69, 9.17) is 10.3 Å². The van der Waals surface area contributed by atoms with E-state index in [1.165, 1.54) is 30.6 Å². The Labute approximate surface area is 123 Å². The van der Waals surface area contributed by atoms with Crippen molar-refractivity contribution in [3.8, 4) is 0 Å². The minimum atomic E-state index is -4.23. The summed E-state index contributed by atoms with van der Waals surface area (Å²) in [6.07, 6.45) is 1.29. The Kier molecular flexibility index (Phi) is 3.27. The molecule has 0 saturated heterocycles.